The number of fused-ring (bicyclic) bond motifs is 2. The normalized spacial score (nSPS) is 11.9. The van der Waals surface area contributed by atoms with Gasteiger partial charge < -0.3 is 19.7 Å². The number of benzene rings is 5. The zero-order valence-electron chi connectivity index (χ0n) is 17.8. The van der Waals surface area contributed by atoms with Gasteiger partial charge in [-0.15, -0.1) is 0 Å². The Balaban J connectivity index is 1.40. The molecule has 0 aliphatic rings. The quantitative estimate of drug-likeness (QED) is 0.270. The Morgan fingerprint density at radius 2 is 1.44 bits per heavy atom. The second-order valence-corrected chi connectivity index (χ2v) is 8.78. The van der Waals surface area contributed by atoms with E-state index in [4.69, 9.17) is 4.74 Å². The van der Waals surface area contributed by atoms with E-state index in [-0.39, 0.29) is 16.2 Å². The molecule has 0 bridgehead atoms. The van der Waals surface area contributed by atoms with E-state index >= 15 is 0 Å². The smallest absolute Gasteiger partial charge is 0.339 e. The van der Waals surface area contributed by atoms with Gasteiger partial charge in [0.25, 0.3) is 0 Å². The van der Waals surface area contributed by atoms with Gasteiger partial charge in [-0.1, -0.05) is 60.7 Å². The van der Waals surface area contributed by atoms with Crippen molar-refractivity contribution in [2.45, 2.75) is 4.90 Å². The van der Waals surface area contributed by atoms with Crippen LogP contribution in [0.25, 0.3) is 21.5 Å². The molecule has 0 saturated carbocycles. The summed E-state index contributed by atoms with van der Waals surface area (Å²) in [6.07, 6.45) is 0. The molecule has 3 N–H and O–H groups in total. The molecule has 5 rings (SSSR count). The van der Waals surface area contributed by atoms with Gasteiger partial charge >= 0.3 is 5.97 Å². The number of aromatic carboxylic acids is 1. The van der Waals surface area contributed by atoms with Crippen molar-refractivity contribution in [3.8, 4) is 17.2 Å². The summed E-state index contributed by atoms with van der Waals surface area (Å²) in [5.41, 5.74) is 0.264. The molecule has 0 amide bonds. The standard InChI is InChI=1S/C27H19NO5S/c29-26-22-10-4-3-9-21(22)25(16-23(26)27(30)31)34(32)28-18-12-14-19(15-13-18)33-24-11-5-7-17-6-1-2-8-20(17)24/h1-16,28-29H,(H,30,31). The predicted molar refractivity (Wildman–Crippen MR) is 133 cm³/mol. The fraction of sp³-hybridized carbons (Fsp3) is 0. The van der Waals surface area contributed by atoms with Gasteiger partial charge in [0, 0.05) is 21.8 Å². The molecule has 0 heterocycles. The summed E-state index contributed by atoms with van der Waals surface area (Å²) in [5.74, 6) is -0.287. The number of aromatic hydroxyl groups is 1. The molecule has 0 radical (unpaired) electrons. The van der Waals surface area contributed by atoms with E-state index in [9.17, 15) is 19.2 Å². The first kappa shape index (κ1) is 21.5. The lowest BCUT2D eigenvalue weighted by molar-refractivity contribution is 0.0693. The zero-order chi connectivity index (χ0) is 23.7. The lowest BCUT2D eigenvalue weighted by Gasteiger charge is -2.13. The maximum Gasteiger partial charge on any atom is 0.339 e. The summed E-state index contributed by atoms with van der Waals surface area (Å²) in [6.45, 7) is 0. The van der Waals surface area contributed by atoms with Crippen molar-refractivity contribution >= 4 is 44.2 Å². The predicted octanol–water partition coefficient (Wildman–Crippen LogP) is 6.32. The van der Waals surface area contributed by atoms with Crippen molar-refractivity contribution in [3.05, 3.63) is 103 Å². The molecule has 0 aliphatic carbocycles. The molecule has 1 unspecified atom stereocenters. The van der Waals surface area contributed by atoms with Gasteiger partial charge in [0.05, 0.1) is 4.90 Å². The largest absolute Gasteiger partial charge is 0.506 e. The highest BCUT2D eigenvalue weighted by molar-refractivity contribution is 7.86. The molecule has 168 valence electrons. The third-order valence-corrected chi connectivity index (χ3v) is 6.61. The number of carboxylic acid groups (broad SMARTS) is 1. The number of carbonyl (C=O) groups is 1. The van der Waals surface area contributed by atoms with E-state index in [1.54, 1.807) is 48.5 Å². The molecule has 7 heteroatoms. The highest BCUT2D eigenvalue weighted by Crippen LogP contribution is 2.34. The van der Waals surface area contributed by atoms with Crippen LogP contribution in [0.15, 0.2) is 102 Å². The lowest BCUT2D eigenvalue weighted by Crippen LogP contribution is -2.07. The number of hydrogen-bond donors (Lipinski definition) is 3. The first-order valence-electron chi connectivity index (χ1n) is 10.4. The minimum absolute atomic E-state index is 0.266. The highest BCUT2D eigenvalue weighted by atomic mass is 32.2. The Morgan fingerprint density at radius 1 is 0.794 bits per heavy atom. The number of nitrogens with one attached hydrogen (secondary N) is 1. The van der Waals surface area contributed by atoms with Crippen LogP contribution in [0.5, 0.6) is 17.2 Å². The Hall–Kier alpha value is -4.36. The molecule has 0 spiro atoms. The third-order valence-electron chi connectivity index (χ3n) is 5.45. The molecule has 5 aromatic rings. The summed E-state index contributed by atoms with van der Waals surface area (Å²) < 4.78 is 22.1. The van der Waals surface area contributed by atoms with Crippen LogP contribution in [0.2, 0.25) is 0 Å². The van der Waals surface area contributed by atoms with Crippen LogP contribution in [-0.4, -0.2) is 20.4 Å². The topological polar surface area (TPSA) is 95.9 Å². The van der Waals surface area contributed by atoms with Crippen molar-refractivity contribution in [2.24, 2.45) is 0 Å². The summed E-state index contributed by atoms with van der Waals surface area (Å²) in [5, 5.41) is 22.7. The summed E-state index contributed by atoms with van der Waals surface area (Å²) >= 11 is 0. The van der Waals surface area contributed by atoms with E-state index in [1.807, 2.05) is 42.5 Å². The highest BCUT2D eigenvalue weighted by Gasteiger charge is 2.19. The molecule has 0 aromatic heterocycles. The fourth-order valence-electron chi connectivity index (χ4n) is 3.81. The van der Waals surface area contributed by atoms with Crippen molar-refractivity contribution in [2.75, 3.05) is 4.72 Å². The number of rotatable bonds is 6. The van der Waals surface area contributed by atoms with Gasteiger partial charge in [-0.25, -0.2) is 9.00 Å². The maximum atomic E-state index is 13.1. The van der Waals surface area contributed by atoms with Crippen LogP contribution in [0, 0.1) is 0 Å². The number of carboxylic acids is 1. The van der Waals surface area contributed by atoms with Crippen molar-refractivity contribution in [1.29, 1.82) is 0 Å². The van der Waals surface area contributed by atoms with Crippen LogP contribution in [0.4, 0.5) is 5.69 Å². The van der Waals surface area contributed by atoms with E-state index in [0.717, 1.165) is 16.5 Å². The van der Waals surface area contributed by atoms with Gasteiger partial charge in [-0.05, 0) is 41.8 Å². The minimum atomic E-state index is -1.77. The van der Waals surface area contributed by atoms with Gasteiger partial charge in [0.15, 0.2) is 11.0 Å². The molecule has 0 fully saturated rings. The number of anilines is 1. The average molecular weight is 470 g/mol. The van der Waals surface area contributed by atoms with Gasteiger partial charge in [0.1, 0.15) is 22.8 Å². The number of phenols is 1. The summed E-state index contributed by atoms with van der Waals surface area (Å²) in [4.78, 5) is 11.8. The Bertz CT molecular complexity index is 1560. The SMILES string of the molecule is O=C(O)c1cc(S(=O)Nc2ccc(Oc3cccc4ccccc34)cc2)c2ccccc2c1O. The monoisotopic (exact) mass is 469 g/mol. The Kier molecular flexibility index (Phi) is 5.61. The van der Waals surface area contributed by atoms with Crippen LogP contribution >= 0.6 is 0 Å². The van der Waals surface area contributed by atoms with E-state index < -0.39 is 17.0 Å². The molecule has 0 aliphatic heterocycles. The molecule has 0 saturated heterocycles. The van der Waals surface area contributed by atoms with E-state index in [1.165, 1.54) is 6.07 Å². The van der Waals surface area contributed by atoms with Crippen molar-refractivity contribution in [1.82, 2.24) is 0 Å². The average Bonchev–Trinajstić information content (AvgIpc) is 2.85. The number of ether oxygens (including phenoxy) is 1. The molecule has 5 aromatic carbocycles. The summed E-state index contributed by atoms with van der Waals surface area (Å²) in [6, 6.07) is 28.8. The van der Waals surface area contributed by atoms with E-state index in [2.05, 4.69) is 4.72 Å². The first-order valence-corrected chi connectivity index (χ1v) is 11.6. The summed E-state index contributed by atoms with van der Waals surface area (Å²) in [7, 11) is -1.77. The van der Waals surface area contributed by atoms with Crippen LogP contribution in [0.1, 0.15) is 10.4 Å². The Morgan fingerprint density at radius 3 is 2.18 bits per heavy atom. The third kappa shape index (κ3) is 4.04. The Labute approximate surface area is 197 Å². The number of hydrogen-bond acceptors (Lipinski definition) is 4. The maximum absolute atomic E-state index is 13.1. The van der Waals surface area contributed by atoms with Crippen LogP contribution in [0.3, 0.4) is 0 Å². The second-order valence-electron chi connectivity index (χ2n) is 7.60. The van der Waals surface area contributed by atoms with Crippen LogP contribution < -0.4 is 9.46 Å². The van der Waals surface area contributed by atoms with Gasteiger partial charge in [-0.3, -0.25) is 0 Å². The molecular formula is C27H19NO5S. The van der Waals surface area contributed by atoms with Gasteiger partial charge in [-0.2, -0.15) is 0 Å². The van der Waals surface area contributed by atoms with Gasteiger partial charge in [0.2, 0.25) is 0 Å². The molecule has 34 heavy (non-hydrogen) atoms. The zero-order valence-corrected chi connectivity index (χ0v) is 18.6. The lowest BCUT2D eigenvalue weighted by atomic mass is 10.1. The fourth-order valence-corrected chi connectivity index (χ4v) is 4.87. The van der Waals surface area contributed by atoms with E-state index in [0.29, 0.717) is 22.2 Å². The van der Waals surface area contributed by atoms with Crippen molar-refractivity contribution in [3.63, 3.8) is 0 Å². The molecular weight excluding hydrogens is 450 g/mol. The second kappa shape index (κ2) is 8.88. The van der Waals surface area contributed by atoms with Crippen LogP contribution in [-0.2, 0) is 11.0 Å². The van der Waals surface area contributed by atoms with Crippen molar-refractivity contribution < 1.29 is 24.0 Å². The molecule has 1 atom stereocenters. The minimum Gasteiger partial charge on any atom is -0.506 e. The first-order chi connectivity index (χ1) is 16.5. The molecule has 6 nitrogen and oxygen atoms in total.